The molecule has 2 rings (SSSR count). The van der Waals surface area contributed by atoms with Crippen molar-refractivity contribution >= 4 is 11.6 Å². The number of pyridine rings is 1. The van der Waals surface area contributed by atoms with Gasteiger partial charge in [-0.2, -0.15) is 0 Å². The van der Waals surface area contributed by atoms with Gasteiger partial charge in [0.1, 0.15) is 5.82 Å². The monoisotopic (exact) mass is 322 g/mol. The van der Waals surface area contributed by atoms with E-state index in [0.29, 0.717) is 10.6 Å². The molecule has 0 aliphatic heterocycles. The quantitative estimate of drug-likeness (QED) is 0.852. The minimum Gasteiger partial charge on any atom is -0.396 e. The maximum absolute atomic E-state index is 13.9. The van der Waals surface area contributed by atoms with Crippen molar-refractivity contribution in [3.8, 4) is 0 Å². The number of aliphatic hydroxyl groups excluding tert-OH is 1. The van der Waals surface area contributed by atoms with Crippen molar-refractivity contribution in [2.45, 2.75) is 26.4 Å². The lowest BCUT2D eigenvalue weighted by Crippen LogP contribution is -2.36. The van der Waals surface area contributed by atoms with Crippen molar-refractivity contribution < 1.29 is 9.50 Å². The van der Waals surface area contributed by atoms with E-state index >= 15 is 0 Å². The molecule has 2 aromatic rings. The average molecular weight is 323 g/mol. The lowest BCUT2D eigenvalue weighted by Gasteiger charge is -2.34. The summed E-state index contributed by atoms with van der Waals surface area (Å²) in [4.78, 5) is 4.12. The Kier molecular flexibility index (Phi) is 5.51. The van der Waals surface area contributed by atoms with Gasteiger partial charge >= 0.3 is 0 Å². The van der Waals surface area contributed by atoms with E-state index in [1.807, 2.05) is 26.0 Å². The Labute approximate surface area is 135 Å². The molecule has 0 spiro atoms. The first-order chi connectivity index (χ1) is 10.5. The summed E-state index contributed by atoms with van der Waals surface area (Å²) in [7, 11) is 0. The normalized spacial score (nSPS) is 13.1. The Bertz CT molecular complexity index is 599. The third-order valence-electron chi connectivity index (χ3n) is 3.75. The predicted octanol–water partition coefficient (Wildman–Crippen LogP) is 3.72. The molecule has 0 fully saturated rings. The molecule has 0 unspecified atom stereocenters. The highest BCUT2D eigenvalue weighted by Crippen LogP contribution is 2.33. The van der Waals surface area contributed by atoms with Crippen LogP contribution in [0.15, 0.2) is 42.7 Å². The van der Waals surface area contributed by atoms with Crippen molar-refractivity contribution in [3.05, 3.63) is 64.7 Å². The fourth-order valence-corrected chi connectivity index (χ4v) is 2.62. The first kappa shape index (κ1) is 16.9. The van der Waals surface area contributed by atoms with E-state index in [1.165, 1.54) is 6.07 Å². The van der Waals surface area contributed by atoms with Crippen molar-refractivity contribution in [1.82, 2.24) is 10.3 Å². The molecular formula is C17H20ClFN2O. The van der Waals surface area contributed by atoms with Crippen LogP contribution >= 0.6 is 11.6 Å². The van der Waals surface area contributed by atoms with Crippen LogP contribution in [-0.2, 0) is 6.54 Å². The molecule has 1 aromatic heterocycles. The molecule has 5 heteroatoms. The standard InChI is InChI=1S/C17H20ClFN2O/c1-17(2,11-22)16(12-5-4-8-20-9-12)21-10-13-14(18)6-3-7-15(13)19/h3-9,16,21-22H,10-11H2,1-2H3/t16-/m1/s1. The van der Waals surface area contributed by atoms with Gasteiger partial charge in [-0.05, 0) is 23.8 Å². The van der Waals surface area contributed by atoms with E-state index in [1.54, 1.807) is 24.5 Å². The van der Waals surface area contributed by atoms with Gasteiger partial charge in [-0.1, -0.05) is 37.6 Å². The topological polar surface area (TPSA) is 45.1 Å². The van der Waals surface area contributed by atoms with Crippen molar-refractivity contribution in [2.24, 2.45) is 5.41 Å². The van der Waals surface area contributed by atoms with E-state index in [4.69, 9.17) is 11.6 Å². The van der Waals surface area contributed by atoms with E-state index in [9.17, 15) is 9.50 Å². The number of benzene rings is 1. The number of aliphatic hydroxyl groups is 1. The maximum atomic E-state index is 13.9. The number of nitrogens with one attached hydrogen (secondary N) is 1. The zero-order valence-corrected chi connectivity index (χ0v) is 13.4. The Morgan fingerprint density at radius 3 is 2.68 bits per heavy atom. The van der Waals surface area contributed by atoms with Crippen LogP contribution in [0.1, 0.15) is 31.0 Å². The van der Waals surface area contributed by atoms with Gasteiger partial charge in [0, 0.05) is 47.6 Å². The minimum absolute atomic E-state index is 0.00936. The van der Waals surface area contributed by atoms with Gasteiger partial charge in [0.2, 0.25) is 0 Å². The van der Waals surface area contributed by atoms with Crippen molar-refractivity contribution in [1.29, 1.82) is 0 Å². The average Bonchev–Trinajstić information content (AvgIpc) is 2.51. The summed E-state index contributed by atoms with van der Waals surface area (Å²) < 4.78 is 13.9. The minimum atomic E-state index is -0.430. The Balaban J connectivity index is 2.25. The van der Waals surface area contributed by atoms with Crippen LogP contribution in [-0.4, -0.2) is 16.7 Å². The molecule has 0 radical (unpaired) electrons. The summed E-state index contributed by atoms with van der Waals surface area (Å²) in [6.07, 6.45) is 3.44. The zero-order valence-electron chi connectivity index (χ0n) is 12.7. The molecule has 0 amide bonds. The number of hydrogen-bond donors (Lipinski definition) is 2. The predicted molar refractivity (Wildman–Crippen MR) is 86.1 cm³/mol. The van der Waals surface area contributed by atoms with Crippen LogP contribution in [0.2, 0.25) is 5.02 Å². The molecule has 22 heavy (non-hydrogen) atoms. The highest BCUT2D eigenvalue weighted by atomic mass is 35.5. The van der Waals surface area contributed by atoms with Gasteiger partial charge in [-0.3, -0.25) is 4.98 Å². The molecule has 3 nitrogen and oxygen atoms in total. The fraction of sp³-hybridized carbons (Fsp3) is 0.353. The molecule has 2 N–H and O–H groups in total. The molecule has 1 aromatic carbocycles. The Morgan fingerprint density at radius 1 is 1.32 bits per heavy atom. The molecule has 1 atom stereocenters. The van der Waals surface area contributed by atoms with Gasteiger partial charge in [-0.25, -0.2) is 4.39 Å². The maximum Gasteiger partial charge on any atom is 0.129 e. The molecule has 0 bridgehead atoms. The molecule has 0 aliphatic carbocycles. The number of hydrogen-bond acceptors (Lipinski definition) is 3. The van der Waals surface area contributed by atoms with Crippen LogP contribution in [0.4, 0.5) is 4.39 Å². The summed E-state index contributed by atoms with van der Waals surface area (Å²) >= 11 is 6.07. The van der Waals surface area contributed by atoms with E-state index in [0.717, 1.165) is 5.56 Å². The van der Waals surface area contributed by atoms with Crippen LogP contribution in [0.25, 0.3) is 0 Å². The van der Waals surface area contributed by atoms with Crippen LogP contribution in [0, 0.1) is 11.2 Å². The Hall–Kier alpha value is -1.49. The number of rotatable bonds is 6. The van der Waals surface area contributed by atoms with Crippen LogP contribution < -0.4 is 5.32 Å². The number of halogens is 2. The fourth-order valence-electron chi connectivity index (χ4n) is 2.39. The van der Waals surface area contributed by atoms with E-state index in [-0.39, 0.29) is 25.0 Å². The summed E-state index contributed by atoms with van der Waals surface area (Å²) in [5.41, 5.74) is 0.932. The molecule has 0 saturated carbocycles. The summed E-state index contributed by atoms with van der Waals surface area (Å²) in [6.45, 7) is 4.15. The summed E-state index contributed by atoms with van der Waals surface area (Å²) in [5.74, 6) is -0.341. The lowest BCUT2D eigenvalue weighted by atomic mass is 9.81. The summed E-state index contributed by atoms with van der Waals surface area (Å²) in [6, 6.07) is 8.23. The smallest absolute Gasteiger partial charge is 0.129 e. The van der Waals surface area contributed by atoms with Gasteiger partial charge in [0.25, 0.3) is 0 Å². The first-order valence-electron chi connectivity index (χ1n) is 7.13. The number of nitrogens with zero attached hydrogens (tertiary/aromatic N) is 1. The molecule has 0 saturated heterocycles. The number of aromatic nitrogens is 1. The van der Waals surface area contributed by atoms with Gasteiger partial charge in [0.05, 0.1) is 0 Å². The van der Waals surface area contributed by atoms with Gasteiger partial charge in [-0.15, -0.1) is 0 Å². The molecular weight excluding hydrogens is 303 g/mol. The highest BCUT2D eigenvalue weighted by Gasteiger charge is 2.30. The highest BCUT2D eigenvalue weighted by molar-refractivity contribution is 6.31. The molecule has 1 heterocycles. The van der Waals surface area contributed by atoms with Crippen molar-refractivity contribution in [3.63, 3.8) is 0 Å². The third-order valence-corrected chi connectivity index (χ3v) is 4.11. The largest absolute Gasteiger partial charge is 0.396 e. The van der Waals surface area contributed by atoms with Gasteiger partial charge < -0.3 is 10.4 Å². The molecule has 0 aliphatic rings. The SMILES string of the molecule is CC(C)(CO)[C@H](NCc1c(F)cccc1Cl)c1cccnc1. The second-order valence-electron chi connectivity index (χ2n) is 5.95. The third kappa shape index (κ3) is 3.83. The second kappa shape index (κ2) is 7.18. The lowest BCUT2D eigenvalue weighted by molar-refractivity contribution is 0.114. The van der Waals surface area contributed by atoms with E-state index < -0.39 is 5.41 Å². The van der Waals surface area contributed by atoms with Gasteiger partial charge in [0.15, 0.2) is 0 Å². The van der Waals surface area contributed by atoms with Crippen LogP contribution in [0.3, 0.4) is 0 Å². The zero-order chi connectivity index (χ0) is 16.2. The van der Waals surface area contributed by atoms with E-state index in [2.05, 4.69) is 10.3 Å². The Morgan fingerprint density at radius 2 is 2.09 bits per heavy atom. The van der Waals surface area contributed by atoms with Crippen molar-refractivity contribution in [2.75, 3.05) is 6.61 Å². The van der Waals surface area contributed by atoms with Crippen LogP contribution in [0.5, 0.6) is 0 Å². The first-order valence-corrected chi connectivity index (χ1v) is 7.50. The molecule has 118 valence electrons. The summed E-state index contributed by atoms with van der Waals surface area (Å²) in [5, 5.41) is 13.4. The second-order valence-corrected chi connectivity index (χ2v) is 6.35.